The Morgan fingerprint density at radius 2 is 1.62 bits per heavy atom. The molecule has 1 unspecified atom stereocenters. The number of piperazine rings is 1. The minimum Gasteiger partial charge on any atom is -0.493 e. The number of hydrogen-bond acceptors (Lipinski definition) is 4. The Balaban J connectivity index is 1.71. The van der Waals surface area contributed by atoms with Crippen LogP contribution in [0.1, 0.15) is 49.3 Å². The monoisotopic (exact) mass is 440 g/mol. The topological polar surface area (TPSA) is 59.1 Å². The molecule has 2 aromatic carbocycles. The Morgan fingerprint density at radius 3 is 2.28 bits per heavy atom. The number of nitrogens with zero attached hydrogens (tertiary/aromatic N) is 2. The van der Waals surface area contributed by atoms with Gasteiger partial charge in [-0.3, -0.25) is 9.59 Å². The van der Waals surface area contributed by atoms with E-state index in [0.717, 1.165) is 31.2 Å². The van der Waals surface area contributed by atoms with Gasteiger partial charge < -0.3 is 19.3 Å². The average molecular weight is 441 g/mol. The number of amides is 2. The Bertz CT molecular complexity index is 972. The highest BCUT2D eigenvalue weighted by atomic mass is 19.1. The van der Waals surface area contributed by atoms with Crippen molar-refractivity contribution in [2.75, 3.05) is 20.8 Å². The number of halogens is 1. The molecule has 1 heterocycles. The Morgan fingerprint density at radius 1 is 0.938 bits per heavy atom. The third kappa shape index (κ3) is 4.42. The van der Waals surface area contributed by atoms with E-state index in [4.69, 9.17) is 9.47 Å². The van der Waals surface area contributed by atoms with Gasteiger partial charge in [-0.05, 0) is 48.2 Å². The van der Waals surface area contributed by atoms with E-state index < -0.39 is 6.04 Å². The summed E-state index contributed by atoms with van der Waals surface area (Å²) >= 11 is 0. The van der Waals surface area contributed by atoms with E-state index in [1.807, 2.05) is 0 Å². The summed E-state index contributed by atoms with van der Waals surface area (Å²) < 4.78 is 24.2. The predicted octanol–water partition coefficient (Wildman–Crippen LogP) is 4.09. The lowest BCUT2D eigenvalue weighted by Gasteiger charge is -2.44. The van der Waals surface area contributed by atoms with Crippen molar-refractivity contribution in [3.05, 3.63) is 59.4 Å². The Hall–Kier alpha value is -3.09. The molecule has 2 fully saturated rings. The average Bonchev–Trinajstić information content (AvgIpc) is 2.82. The molecule has 1 saturated carbocycles. The van der Waals surface area contributed by atoms with Gasteiger partial charge in [0.25, 0.3) is 5.91 Å². The molecule has 0 bridgehead atoms. The molecular weight excluding hydrogens is 411 g/mol. The summed E-state index contributed by atoms with van der Waals surface area (Å²) in [6.45, 7) is 0.302. The molecule has 6 nitrogen and oxygen atoms in total. The van der Waals surface area contributed by atoms with E-state index in [1.165, 1.54) is 18.6 Å². The van der Waals surface area contributed by atoms with Crippen LogP contribution in [0.2, 0.25) is 0 Å². The van der Waals surface area contributed by atoms with Crippen molar-refractivity contribution in [2.45, 2.75) is 50.7 Å². The molecule has 0 aromatic heterocycles. The number of carbonyl (C=O) groups excluding carboxylic acids is 2. The second-order valence-corrected chi connectivity index (χ2v) is 8.42. The van der Waals surface area contributed by atoms with Gasteiger partial charge >= 0.3 is 0 Å². The molecule has 0 radical (unpaired) electrons. The van der Waals surface area contributed by atoms with Crippen LogP contribution in [0.25, 0.3) is 0 Å². The van der Waals surface area contributed by atoms with Crippen molar-refractivity contribution in [2.24, 2.45) is 0 Å². The van der Waals surface area contributed by atoms with Crippen LogP contribution in [0, 0.1) is 5.82 Å². The first kappa shape index (κ1) is 22.1. The van der Waals surface area contributed by atoms with Gasteiger partial charge in [0.1, 0.15) is 18.4 Å². The summed E-state index contributed by atoms with van der Waals surface area (Å²) in [6.07, 6.45) is 5.17. The van der Waals surface area contributed by atoms with Gasteiger partial charge in [-0.25, -0.2) is 4.39 Å². The fourth-order valence-electron chi connectivity index (χ4n) is 4.76. The van der Waals surface area contributed by atoms with Crippen LogP contribution in [0.4, 0.5) is 4.39 Å². The van der Waals surface area contributed by atoms with E-state index in [1.54, 1.807) is 54.4 Å². The van der Waals surface area contributed by atoms with Gasteiger partial charge in [-0.2, -0.15) is 0 Å². The second-order valence-electron chi connectivity index (χ2n) is 8.42. The number of methoxy groups -OCH3 is 2. The highest BCUT2D eigenvalue weighted by molar-refractivity contribution is 5.96. The second kappa shape index (κ2) is 9.59. The highest BCUT2D eigenvalue weighted by Crippen LogP contribution is 2.37. The molecule has 2 aliphatic rings. The van der Waals surface area contributed by atoms with Crippen molar-refractivity contribution in [3.63, 3.8) is 0 Å². The molecule has 1 aliphatic heterocycles. The van der Waals surface area contributed by atoms with Crippen LogP contribution in [0.5, 0.6) is 11.5 Å². The molecule has 2 amide bonds. The molecule has 1 saturated heterocycles. The SMILES string of the molecule is COc1ccc(C2C(=O)N(C3CCCCC3)CC(=O)N2Cc2ccc(F)cc2)cc1OC. The summed E-state index contributed by atoms with van der Waals surface area (Å²) in [5, 5.41) is 0. The van der Waals surface area contributed by atoms with E-state index in [0.29, 0.717) is 17.1 Å². The molecule has 4 rings (SSSR count). The standard InChI is InChI=1S/C25H29FN2O4/c1-31-21-13-10-18(14-22(21)32-2)24-25(30)27(20-6-4-3-5-7-20)16-23(29)28(24)15-17-8-11-19(26)12-9-17/h8-14,20,24H,3-7,15-16H2,1-2H3. The third-order valence-corrected chi connectivity index (χ3v) is 6.46. The zero-order valence-corrected chi connectivity index (χ0v) is 18.6. The minimum atomic E-state index is -0.775. The smallest absolute Gasteiger partial charge is 0.250 e. The maximum absolute atomic E-state index is 13.8. The summed E-state index contributed by atoms with van der Waals surface area (Å²) in [5.74, 6) is 0.529. The molecule has 1 aliphatic carbocycles. The first-order valence-electron chi connectivity index (χ1n) is 11.1. The maximum atomic E-state index is 13.8. The molecule has 1 atom stereocenters. The van der Waals surface area contributed by atoms with E-state index in [9.17, 15) is 14.0 Å². The normalized spacial score (nSPS) is 19.9. The number of carbonyl (C=O) groups is 2. The number of hydrogen-bond donors (Lipinski definition) is 0. The molecule has 32 heavy (non-hydrogen) atoms. The van der Waals surface area contributed by atoms with E-state index in [2.05, 4.69) is 0 Å². The van der Waals surface area contributed by atoms with Gasteiger partial charge in [0.15, 0.2) is 11.5 Å². The zero-order chi connectivity index (χ0) is 22.7. The lowest BCUT2D eigenvalue weighted by molar-refractivity contribution is -0.160. The number of benzene rings is 2. The van der Waals surface area contributed by atoms with Crippen molar-refractivity contribution >= 4 is 11.8 Å². The van der Waals surface area contributed by atoms with Crippen LogP contribution < -0.4 is 9.47 Å². The molecule has 0 spiro atoms. The Labute approximate surface area is 187 Å². The fourth-order valence-corrected chi connectivity index (χ4v) is 4.76. The molecule has 7 heteroatoms. The quantitative estimate of drug-likeness (QED) is 0.679. The largest absolute Gasteiger partial charge is 0.493 e. The van der Waals surface area contributed by atoms with Crippen molar-refractivity contribution in [1.82, 2.24) is 9.80 Å². The minimum absolute atomic E-state index is 0.0779. The van der Waals surface area contributed by atoms with Crippen LogP contribution >= 0.6 is 0 Å². The summed E-state index contributed by atoms with van der Waals surface area (Å²) in [7, 11) is 3.10. The van der Waals surface area contributed by atoms with Crippen LogP contribution in [-0.4, -0.2) is 48.4 Å². The lowest BCUT2D eigenvalue weighted by Crippen LogP contribution is -2.58. The van der Waals surface area contributed by atoms with Crippen molar-refractivity contribution in [3.8, 4) is 11.5 Å². The molecule has 170 valence electrons. The fraction of sp³-hybridized carbons (Fsp3) is 0.440. The lowest BCUT2D eigenvalue weighted by atomic mass is 9.91. The van der Waals surface area contributed by atoms with E-state index in [-0.39, 0.29) is 36.8 Å². The first-order chi connectivity index (χ1) is 15.5. The predicted molar refractivity (Wildman–Crippen MR) is 118 cm³/mol. The first-order valence-corrected chi connectivity index (χ1v) is 11.1. The van der Waals surface area contributed by atoms with Gasteiger partial charge in [0.05, 0.1) is 14.2 Å². The van der Waals surface area contributed by atoms with Crippen LogP contribution in [-0.2, 0) is 16.1 Å². The van der Waals surface area contributed by atoms with Crippen molar-refractivity contribution in [1.29, 1.82) is 0 Å². The van der Waals surface area contributed by atoms with E-state index >= 15 is 0 Å². The number of ether oxygens (including phenoxy) is 2. The van der Waals surface area contributed by atoms with Gasteiger partial charge in [-0.15, -0.1) is 0 Å². The maximum Gasteiger partial charge on any atom is 0.250 e. The molecular formula is C25H29FN2O4. The van der Waals surface area contributed by atoms with Gasteiger partial charge in [-0.1, -0.05) is 37.5 Å². The zero-order valence-electron chi connectivity index (χ0n) is 18.6. The highest BCUT2D eigenvalue weighted by Gasteiger charge is 2.43. The summed E-state index contributed by atoms with van der Waals surface area (Å²) in [4.78, 5) is 30.5. The van der Waals surface area contributed by atoms with Gasteiger partial charge in [0.2, 0.25) is 5.91 Å². The van der Waals surface area contributed by atoms with Crippen molar-refractivity contribution < 1.29 is 23.5 Å². The molecule has 0 N–H and O–H groups in total. The molecule has 2 aromatic rings. The van der Waals surface area contributed by atoms with Crippen LogP contribution in [0.3, 0.4) is 0 Å². The Kier molecular flexibility index (Phi) is 6.63. The summed E-state index contributed by atoms with van der Waals surface area (Å²) in [5.41, 5.74) is 1.44. The van der Waals surface area contributed by atoms with Crippen LogP contribution in [0.15, 0.2) is 42.5 Å². The third-order valence-electron chi connectivity index (χ3n) is 6.46. The number of rotatable bonds is 6. The summed E-state index contributed by atoms with van der Waals surface area (Å²) in [6, 6.07) is 10.7. The van der Waals surface area contributed by atoms with Gasteiger partial charge in [0, 0.05) is 12.6 Å².